The summed E-state index contributed by atoms with van der Waals surface area (Å²) in [5.41, 5.74) is 7.57. The van der Waals surface area contributed by atoms with Crippen molar-refractivity contribution in [2.24, 2.45) is 11.7 Å². The van der Waals surface area contributed by atoms with Crippen LogP contribution in [0.5, 0.6) is 0 Å². The highest BCUT2D eigenvalue weighted by atomic mass is 79.9. The second-order valence-electron chi connectivity index (χ2n) is 4.98. The fourth-order valence-electron chi connectivity index (χ4n) is 2.72. The van der Waals surface area contributed by atoms with Gasteiger partial charge in [0.15, 0.2) is 0 Å². The van der Waals surface area contributed by atoms with Crippen LogP contribution < -0.4 is 5.73 Å². The Morgan fingerprint density at radius 3 is 2.75 bits per heavy atom. The summed E-state index contributed by atoms with van der Waals surface area (Å²) in [6, 6.07) is 8.82. The van der Waals surface area contributed by atoms with Crippen LogP contribution in [0, 0.1) is 5.92 Å². The van der Waals surface area contributed by atoms with Gasteiger partial charge in [-0.1, -0.05) is 53.7 Å². The molecular formula is C14H20BrN. The first-order chi connectivity index (χ1) is 7.74. The molecule has 0 spiro atoms. The quantitative estimate of drug-likeness (QED) is 0.890. The zero-order valence-electron chi connectivity index (χ0n) is 9.66. The summed E-state index contributed by atoms with van der Waals surface area (Å²) in [6.07, 6.45) is 7.82. The van der Waals surface area contributed by atoms with Gasteiger partial charge in [0.2, 0.25) is 0 Å². The van der Waals surface area contributed by atoms with Gasteiger partial charge in [-0.2, -0.15) is 0 Å². The highest BCUT2D eigenvalue weighted by Crippen LogP contribution is 2.28. The molecule has 2 rings (SSSR count). The molecule has 0 saturated heterocycles. The first-order valence-electron chi connectivity index (χ1n) is 6.24. The van der Waals surface area contributed by atoms with E-state index in [2.05, 4.69) is 40.2 Å². The van der Waals surface area contributed by atoms with Crippen LogP contribution in [0.2, 0.25) is 0 Å². The molecule has 1 saturated carbocycles. The summed E-state index contributed by atoms with van der Waals surface area (Å²) < 4.78 is 1.15. The summed E-state index contributed by atoms with van der Waals surface area (Å²) in [4.78, 5) is 0. The van der Waals surface area contributed by atoms with Crippen LogP contribution in [-0.2, 0) is 6.42 Å². The van der Waals surface area contributed by atoms with Gasteiger partial charge >= 0.3 is 0 Å². The number of hydrogen-bond donors (Lipinski definition) is 1. The van der Waals surface area contributed by atoms with E-state index < -0.39 is 0 Å². The number of nitrogens with two attached hydrogens (primary N) is 1. The minimum atomic E-state index is 0.331. The fraction of sp³-hybridized carbons (Fsp3) is 0.571. The van der Waals surface area contributed by atoms with E-state index in [4.69, 9.17) is 5.73 Å². The Kier molecular flexibility index (Phi) is 4.42. The standard InChI is InChI=1S/C14H20BrN/c15-13-7-3-6-12(8-13)10-14(16)9-11-4-1-2-5-11/h3,6-8,11,14H,1-2,4-5,9-10,16H2. The fourth-order valence-corrected chi connectivity index (χ4v) is 3.17. The van der Waals surface area contributed by atoms with E-state index in [0.717, 1.165) is 16.8 Å². The third-order valence-electron chi connectivity index (χ3n) is 3.50. The Bertz CT molecular complexity index is 331. The van der Waals surface area contributed by atoms with Gasteiger partial charge in [-0.25, -0.2) is 0 Å². The Morgan fingerprint density at radius 2 is 2.06 bits per heavy atom. The minimum Gasteiger partial charge on any atom is -0.327 e. The molecule has 1 aromatic carbocycles. The van der Waals surface area contributed by atoms with Gasteiger partial charge in [0.25, 0.3) is 0 Å². The number of rotatable bonds is 4. The van der Waals surface area contributed by atoms with Crippen molar-refractivity contribution in [2.75, 3.05) is 0 Å². The SMILES string of the molecule is NC(Cc1cccc(Br)c1)CC1CCCC1. The molecule has 1 nitrogen and oxygen atoms in total. The Labute approximate surface area is 107 Å². The first kappa shape index (κ1) is 12.1. The minimum absolute atomic E-state index is 0.331. The van der Waals surface area contributed by atoms with E-state index in [-0.39, 0.29) is 0 Å². The molecule has 0 radical (unpaired) electrons. The zero-order chi connectivity index (χ0) is 11.4. The maximum atomic E-state index is 6.22. The van der Waals surface area contributed by atoms with Crippen LogP contribution in [0.15, 0.2) is 28.7 Å². The van der Waals surface area contributed by atoms with Crippen molar-refractivity contribution in [2.45, 2.75) is 44.6 Å². The van der Waals surface area contributed by atoms with E-state index in [1.807, 2.05) is 0 Å². The van der Waals surface area contributed by atoms with E-state index in [1.54, 1.807) is 0 Å². The lowest BCUT2D eigenvalue weighted by Crippen LogP contribution is -2.25. The van der Waals surface area contributed by atoms with Crippen molar-refractivity contribution in [3.8, 4) is 0 Å². The summed E-state index contributed by atoms with van der Waals surface area (Å²) in [5, 5.41) is 0. The van der Waals surface area contributed by atoms with Gasteiger partial charge in [0.1, 0.15) is 0 Å². The Balaban J connectivity index is 1.84. The van der Waals surface area contributed by atoms with Crippen molar-refractivity contribution in [1.29, 1.82) is 0 Å². The summed E-state index contributed by atoms with van der Waals surface area (Å²) in [5.74, 6) is 0.891. The topological polar surface area (TPSA) is 26.0 Å². The van der Waals surface area contributed by atoms with E-state index in [9.17, 15) is 0 Å². The molecule has 0 amide bonds. The number of benzene rings is 1. The molecule has 1 unspecified atom stereocenters. The third-order valence-corrected chi connectivity index (χ3v) is 3.99. The van der Waals surface area contributed by atoms with E-state index >= 15 is 0 Å². The van der Waals surface area contributed by atoms with Crippen molar-refractivity contribution < 1.29 is 0 Å². The monoisotopic (exact) mass is 281 g/mol. The average molecular weight is 282 g/mol. The third kappa shape index (κ3) is 3.60. The van der Waals surface area contributed by atoms with Crippen molar-refractivity contribution in [3.63, 3.8) is 0 Å². The van der Waals surface area contributed by atoms with Crippen molar-refractivity contribution >= 4 is 15.9 Å². The van der Waals surface area contributed by atoms with Crippen LogP contribution >= 0.6 is 15.9 Å². The molecule has 1 aromatic rings. The molecule has 1 aliphatic rings. The molecular weight excluding hydrogens is 262 g/mol. The average Bonchev–Trinajstić information content (AvgIpc) is 2.70. The lowest BCUT2D eigenvalue weighted by atomic mass is 9.95. The Hall–Kier alpha value is -0.340. The summed E-state index contributed by atoms with van der Waals surface area (Å²) >= 11 is 3.50. The van der Waals surface area contributed by atoms with Crippen molar-refractivity contribution in [1.82, 2.24) is 0 Å². The van der Waals surface area contributed by atoms with Gasteiger partial charge in [-0.3, -0.25) is 0 Å². The van der Waals surface area contributed by atoms with Crippen LogP contribution in [0.25, 0.3) is 0 Å². The number of halogens is 1. The molecule has 1 fully saturated rings. The van der Waals surface area contributed by atoms with Gasteiger partial charge < -0.3 is 5.73 Å². The maximum absolute atomic E-state index is 6.22. The largest absolute Gasteiger partial charge is 0.327 e. The molecule has 16 heavy (non-hydrogen) atoms. The summed E-state index contributed by atoms with van der Waals surface area (Å²) in [6.45, 7) is 0. The lowest BCUT2D eigenvalue weighted by Gasteiger charge is -2.16. The molecule has 2 N–H and O–H groups in total. The predicted molar refractivity (Wildman–Crippen MR) is 72.4 cm³/mol. The summed E-state index contributed by atoms with van der Waals surface area (Å²) in [7, 11) is 0. The van der Waals surface area contributed by atoms with Crippen LogP contribution in [0.3, 0.4) is 0 Å². The zero-order valence-corrected chi connectivity index (χ0v) is 11.2. The maximum Gasteiger partial charge on any atom is 0.0178 e. The molecule has 1 aliphatic carbocycles. The molecule has 0 aromatic heterocycles. The van der Waals surface area contributed by atoms with Gasteiger partial charge in [0, 0.05) is 10.5 Å². The molecule has 88 valence electrons. The number of hydrogen-bond acceptors (Lipinski definition) is 1. The van der Waals surface area contributed by atoms with Crippen LogP contribution in [0.1, 0.15) is 37.7 Å². The first-order valence-corrected chi connectivity index (χ1v) is 7.03. The van der Waals surface area contributed by atoms with Crippen LogP contribution in [-0.4, -0.2) is 6.04 Å². The van der Waals surface area contributed by atoms with E-state index in [1.165, 1.54) is 37.7 Å². The normalized spacial score (nSPS) is 18.9. The Morgan fingerprint density at radius 1 is 1.31 bits per heavy atom. The van der Waals surface area contributed by atoms with Gasteiger partial charge in [-0.05, 0) is 36.5 Å². The van der Waals surface area contributed by atoms with Gasteiger partial charge in [-0.15, -0.1) is 0 Å². The molecule has 0 aliphatic heterocycles. The predicted octanol–water partition coefficient (Wildman–Crippen LogP) is 3.90. The molecule has 0 bridgehead atoms. The smallest absolute Gasteiger partial charge is 0.0178 e. The van der Waals surface area contributed by atoms with Gasteiger partial charge in [0.05, 0.1) is 0 Å². The van der Waals surface area contributed by atoms with Crippen LogP contribution in [0.4, 0.5) is 0 Å². The highest BCUT2D eigenvalue weighted by molar-refractivity contribution is 9.10. The molecule has 1 atom stereocenters. The highest BCUT2D eigenvalue weighted by Gasteiger charge is 2.18. The second-order valence-corrected chi connectivity index (χ2v) is 5.90. The molecule has 2 heteroatoms. The second kappa shape index (κ2) is 5.83. The van der Waals surface area contributed by atoms with E-state index in [0.29, 0.717) is 6.04 Å². The lowest BCUT2D eigenvalue weighted by molar-refractivity contribution is 0.440. The van der Waals surface area contributed by atoms with Crippen molar-refractivity contribution in [3.05, 3.63) is 34.3 Å². The molecule has 0 heterocycles.